The molecule has 0 bridgehead atoms. The fraction of sp³-hybridized carbons (Fsp3) is 0.200. The molecule has 1 aromatic carbocycles. The van der Waals surface area contributed by atoms with Crippen molar-refractivity contribution in [2.75, 3.05) is 12.5 Å². The first-order chi connectivity index (χ1) is 7.54. The fourth-order valence-electron chi connectivity index (χ4n) is 0.998. The second-order valence-corrected chi connectivity index (χ2v) is 3.38. The molecule has 1 rings (SSSR count). The van der Waals surface area contributed by atoms with Crippen LogP contribution in [0.2, 0.25) is 5.02 Å². The minimum absolute atomic E-state index is 0.471. The summed E-state index contributed by atoms with van der Waals surface area (Å²) in [6, 6.07) is 6.56. The Kier molecular flexibility index (Phi) is 4.13. The number of hydrazine groups is 1. The van der Waals surface area contributed by atoms with Gasteiger partial charge < -0.3 is 4.74 Å². The molecule has 1 N–H and O–H groups in total. The Balaban J connectivity index is 2.80. The van der Waals surface area contributed by atoms with Crippen molar-refractivity contribution < 1.29 is 14.3 Å². The molecule has 86 valence electrons. The lowest BCUT2D eigenvalue weighted by molar-refractivity contribution is -0.125. The molecular formula is C10H11ClN2O3. The van der Waals surface area contributed by atoms with E-state index in [0.717, 1.165) is 5.01 Å². The molecule has 0 fully saturated rings. The largest absolute Gasteiger partial charge is 0.451 e. The van der Waals surface area contributed by atoms with Gasteiger partial charge in [0.1, 0.15) is 0 Å². The summed E-state index contributed by atoms with van der Waals surface area (Å²) < 4.78 is 4.45. The van der Waals surface area contributed by atoms with Crippen LogP contribution in [0.5, 0.6) is 0 Å². The first-order valence-electron chi connectivity index (χ1n) is 4.45. The van der Waals surface area contributed by atoms with Gasteiger partial charge in [0, 0.05) is 11.9 Å². The summed E-state index contributed by atoms with van der Waals surface area (Å²) in [5.41, 5.74) is 3.17. The quantitative estimate of drug-likeness (QED) is 0.809. The van der Waals surface area contributed by atoms with E-state index in [0.29, 0.717) is 10.7 Å². The zero-order valence-electron chi connectivity index (χ0n) is 8.86. The summed E-state index contributed by atoms with van der Waals surface area (Å²) >= 11 is 5.70. The van der Waals surface area contributed by atoms with Gasteiger partial charge in [-0.1, -0.05) is 11.6 Å². The topological polar surface area (TPSA) is 58.6 Å². The molecule has 2 amide bonds. The van der Waals surface area contributed by atoms with E-state index in [1.807, 2.05) is 0 Å². The van der Waals surface area contributed by atoms with Crippen LogP contribution in [0.1, 0.15) is 6.92 Å². The summed E-state index contributed by atoms with van der Waals surface area (Å²) in [6.07, 6.45) is -0.776. The van der Waals surface area contributed by atoms with Gasteiger partial charge in [-0.05, 0) is 24.3 Å². The number of carbonyl (C=O) groups excluding carboxylic acids is 2. The molecule has 0 heterocycles. The average Bonchev–Trinajstić information content (AvgIpc) is 2.27. The second-order valence-electron chi connectivity index (χ2n) is 2.94. The number of imide groups is 1. The van der Waals surface area contributed by atoms with Crippen LogP contribution < -0.4 is 5.43 Å². The van der Waals surface area contributed by atoms with E-state index in [4.69, 9.17) is 11.6 Å². The van der Waals surface area contributed by atoms with Crippen LogP contribution in [0.15, 0.2) is 24.3 Å². The van der Waals surface area contributed by atoms with Crippen LogP contribution in [-0.4, -0.2) is 24.1 Å². The number of benzene rings is 1. The van der Waals surface area contributed by atoms with Crippen molar-refractivity contribution in [2.24, 2.45) is 0 Å². The lowest BCUT2D eigenvalue weighted by atomic mass is 10.3. The Labute approximate surface area is 97.9 Å². The maximum atomic E-state index is 11.2. The summed E-state index contributed by atoms with van der Waals surface area (Å²) in [5, 5.41) is 1.33. The number of halogens is 1. The van der Waals surface area contributed by atoms with Gasteiger partial charge in [0.2, 0.25) is 5.91 Å². The van der Waals surface area contributed by atoms with E-state index in [9.17, 15) is 9.59 Å². The van der Waals surface area contributed by atoms with Gasteiger partial charge in [-0.15, -0.1) is 0 Å². The van der Waals surface area contributed by atoms with E-state index >= 15 is 0 Å². The Morgan fingerprint density at radius 2 is 1.88 bits per heavy atom. The molecule has 0 aliphatic carbocycles. The predicted octanol–water partition coefficient (Wildman–Crippen LogP) is 2.28. The monoisotopic (exact) mass is 242 g/mol. The molecule has 0 atom stereocenters. The third-order valence-corrected chi connectivity index (χ3v) is 2.01. The standard InChI is InChI=1S/C10H11ClN2O3/c1-7(14)13(10(15)16-2)12-9-5-3-8(11)4-6-9/h3-6,12H,1-2H3. The summed E-state index contributed by atoms with van der Waals surface area (Å²) in [5.74, 6) is -0.471. The normalized spacial score (nSPS) is 9.44. The second kappa shape index (κ2) is 5.37. The molecular weight excluding hydrogens is 232 g/mol. The van der Waals surface area contributed by atoms with Crippen LogP contribution in [0.4, 0.5) is 10.5 Å². The lowest BCUT2D eigenvalue weighted by Gasteiger charge is -2.19. The number of rotatable bonds is 2. The van der Waals surface area contributed by atoms with Crippen molar-refractivity contribution in [3.8, 4) is 0 Å². The SMILES string of the molecule is COC(=O)N(Nc1ccc(Cl)cc1)C(C)=O. The maximum absolute atomic E-state index is 11.2. The van der Waals surface area contributed by atoms with Gasteiger partial charge in [-0.3, -0.25) is 10.2 Å². The van der Waals surface area contributed by atoms with Crippen LogP contribution in [0, 0.1) is 0 Å². The zero-order valence-corrected chi connectivity index (χ0v) is 9.62. The molecule has 0 aromatic heterocycles. The van der Waals surface area contributed by atoms with E-state index in [1.54, 1.807) is 24.3 Å². The molecule has 0 saturated heterocycles. The smallest absolute Gasteiger partial charge is 0.435 e. The Bertz CT molecular complexity index is 392. The van der Waals surface area contributed by atoms with Crippen molar-refractivity contribution in [2.45, 2.75) is 6.92 Å². The van der Waals surface area contributed by atoms with Crippen LogP contribution in [-0.2, 0) is 9.53 Å². The van der Waals surface area contributed by atoms with E-state index in [1.165, 1.54) is 14.0 Å². The number of hydrogen-bond donors (Lipinski definition) is 1. The van der Waals surface area contributed by atoms with Gasteiger partial charge >= 0.3 is 6.09 Å². The average molecular weight is 243 g/mol. The van der Waals surface area contributed by atoms with Crippen molar-refractivity contribution in [1.29, 1.82) is 0 Å². The maximum Gasteiger partial charge on any atom is 0.435 e. The summed E-state index contributed by atoms with van der Waals surface area (Å²) in [7, 11) is 1.20. The molecule has 0 aliphatic rings. The van der Waals surface area contributed by atoms with Gasteiger partial charge in [-0.25, -0.2) is 4.79 Å². The Hall–Kier alpha value is -1.75. The van der Waals surface area contributed by atoms with Crippen LogP contribution in [0.25, 0.3) is 0 Å². The van der Waals surface area contributed by atoms with E-state index in [-0.39, 0.29) is 0 Å². The molecule has 0 radical (unpaired) electrons. The Morgan fingerprint density at radius 3 is 2.31 bits per heavy atom. The van der Waals surface area contributed by atoms with E-state index < -0.39 is 12.0 Å². The highest BCUT2D eigenvalue weighted by Crippen LogP contribution is 2.14. The van der Waals surface area contributed by atoms with Crippen molar-refractivity contribution in [3.05, 3.63) is 29.3 Å². The molecule has 5 nitrogen and oxygen atoms in total. The zero-order chi connectivity index (χ0) is 12.1. The molecule has 6 heteroatoms. The van der Waals surface area contributed by atoms with Gasteiger partial charge in [0.15, 0.2) is 0 Å². The highest BCUT2D eigenvalue weighted by atomic mass is 35.5. The molecule has 0 unspecified atom stereocenters. The third-order valence-electron chi connectivity index (χ3n) is 1.76. The van der Waals surface area contributed by atoms with Crippen molar-refractivity contribution >= 4 is 29.3 Å². The number of anilines is 1. The number of carbonyl (C=O) groups is 2. The number of ether oxygens (including phenoxy) is 1. The molecule has 16 heavy (non-hydrogen) atoms. The summed E-state index contributed by atoms with van der Waals surface area (Å²) in [4.78, 5) is 22.4. The van der Waals surface area contributed by atoms with Crippen molar-refractivity contribution in [3.63, 3.8) is 0 Å². The minimum atomic E-state index is -0.776. The number of nitrogens with one attached hydrogen (secondary N) is 1. The number of nitrogens with zero attached hydrogens (tertiary/aromatic N) is 1. The highest BCUT2D eigenvalue weighted by Gasteiger charge is 2.18. The molecule has 0 saturated carbocycles. The number of amides is 2. The minimum Gasteiger partial charge on any atom is -0.451 e. The van der Waals surface area contributed by atoms with Crippen LogP contribution >= 0.6 is 11.6 Å². The molecule has 1 aromatic rings. The first-order valence-corrected chi connectivity index (χ1v) is 4.83. The van der Waals surface area contributed by atoms with Gasteiger partial charge in [-0.2, -0.15) is 5.01 Å². The van der Waals surface area contributed by atoms with Crippen LogP contribution in [0.3, 0.4) is 0 Å². The van der Waals surface area contributed by atoms with Gasteiger partial charge in [0.05, 0.1) is 12.8 Å². The summed E-state index contributed by atoms with van der Waals surface area (Å²) in [6.45, 7) is 1.25. The highest BCUT2D eigenvalue weighted by molar-refractivity contribution is 6.30. The third kappa shape index (κ3) is 3.13. The number of methoxy groups -OCH3 is 1. The predicted molar refractivity (Wildman–Crippen MR) is 60.0 cm³/mol. The van der Waals surface area contributed by atoms with E-state index in [2.05, 4.69) is 10.2 Å². The fourth-order valence-corrected chi connectivity index (χ4v) is 1.12. The Morgan fingerprint density at radius 1 is 1.31 bits per heavy atom. The molecule has 0 aliphatic heterocycles. The van der Waals surface area contributed by atoms with Gasteiger partial charge in [0.25, 0.3) is 0 Å². The number of hydrogen-bond acceptors (Lipinski definition) is 4. The molecule has 0 spiro atoms. The first kappa shape index (κ1) is 12.3. The lowest BCUT2D eigenvalue weighted by Crippen LogP contribution is -2.39. The van der Waals surface area contributed by atoms with Crippen molar-refractivity contribution in [1.82, 2.24) is 5.01 Å².